The minimum Gasteiger partial charge on any atom is -0.352 e. The van der Waals surface area contributed by atoms with E-state index in [-0.39, 0.29) is 24.4 Å². The SMILES string of the molecule is Cc1ccc(Cn2cc(C(=O)N(C)CC(=O)NC(C)C)c(-c3ccc(C)cc3)n2)cc1. The first-order valence-corrected chi connectivity index (χ1v) is 10.5. The summed E-state index contributed by atoms with van der Waals surface area (Å²) in [6.45, 7) is 8.41. The highest BCUT2D eigenvalue weighted by Gasteiger charge is 2.22. The Bertz CT molecular complexity index is 1050. The number of aryl methyl sites for hydroxylation is 2. The summed E-state index contributed by atoms with van der Waals surface area (Å²) in [6.07, 6.45) is 1.77. The van der Waals surface area contributed by atoms with Crippen LogP contribution in [0, 0.1) is 13.8 Å². The van der Waals surface area contributed by atoms with Gasteiger partial charge in [-0.25, -0.2) is 0 Å². The van der Waals surface area contributed by atoms with Gasteiger partial charge in [-0.15, -0.1) is 0 Å². The van der Waals surface area contributed by atoms with Crippen molar-refractivity contribution in [3.63, 3.8) is 0 Å². The number of nitrogens with one attached hydrogen (secondary N) is 1. The van der Waals surface area contributed by atoms with E-state index in [1.54, 1.807) is 17.9 Å². The van der Waals surface area contributed by atoms with Crippen molar-refractivity contribution in [1.29, 1.82) is 0 Å². The Morgan fingerprint density at radius 1 is 1.00 bits per heavy atom. The van der Waals surface area contributed by atoms with Gasteiger partial charge in [0, 0.05) is 24.8 Å². The van der Waals surface area contributed by atoms with Crippen LogP contribution in [0.1, 0.15) is 40.9 Å². The van der Waals surface area contributed by atoms with Crippen molar-refractivity contribution in [2.24, 2.45) is 0 Å². The molecule has 0 saturated heterocycles. The van der Waals surface area contributed by atoms with Crippen molar-refractivity contribution in [1.82, 2.24) is 20.0 Å². The van der Waals surface area contributed by atoms with Gasteiger partial charge in [0.1, 0.15) is 5.69 Å². The molecule has 0 spiro atoms. The number of nitrogens with zero attached hydrogens (tertiary/aromatic N) is 3. The number of benzene rings is 2. The first kappa shape index (κ1) is 22.3. The number of likely N-dealkylation sites (N-methyl/N-ethyl adjacent to an activating group) is 1. The van der Waals surface area contributed by atoms with Gasteiger partial charge in [0.25, 0.3) is 5.91 Å². The maximum Gasteiger partial charge on any atom is 0.257 e. The number of amides is 2. The number of carbonyl (C=O) groups is 2. The molecule has 0 radical (unpaired) electrons. The van der Waals surface area contributed by atoms with Crippen molar-refractivity contribution >= 4 is 11.8 Å². The van der Waals surface area contributed by atoms with Gasteiger partial charge in [0.15, 0.2) is 0 Å². The summed E-state index contributed by atoms with van der Waals surface area (Å²) < 4.78 is 1.79. The van der Waals surface area contributed by atoms with Crippen LogP contribution in [0.4, 0.5) is 0 Å². The first-order valence-electron chi connectivity index (χ1n) is 10.5. The first-order chi connectivity index (χ1) is 14.7. The third-order valence-electron chi connectivity index (χ3n) is 4.96. The maximum atomic E-state index is 13.2. The second-order valence-corrected chi connectivity index (χ2v) is 8.32. The number of rotatable bonds is 7. The fourth-order valence-corrected chi connectivity index (χ4v) is 3.32. The smallest absolute Gasteiger partial charge is 0.257 e. The van der Waals surface area contributed by atoms with E-state index in [1.165, 1.54) is 10.5 Å². The molecule has 1 aromatic heterocycles. The molecule has 31 heavy (non-hydrogen) atoms. The van der Waals surface area contributed by atoms with Crippen LogP contribution >= 0.6 is 0 Å². The Morgan fingerprint density at radius 2 is 1.58 bits per heavy atom. The second-order valence-electron chi connectivity index (χ2n) is 8.32. The molecule has 3 rings (SSSR count). The molecular formula is C25H30N4O2. The minimum absolute atomic E-state index is 0.00646. The summed E-state index contributed by atoms with van der Waals surface area (Å²) in [5.41, 5.74) is 5.41. The zero-order valence-electron chi connectivity index (χ0n) is 18.8. The van der Waals surface area contributed by atoms with Gasteiger partial charge in [0.05, 0.1) is 18.7 Å². The fraction of sp³-hybridized carbons (Fsp3) is 0.320. The number of hydrogen-bond donors (Lipinski definition) is 1. The molecule has 0 bridgehead atoms. The largest absolute Gasteiger partial charge is 0.352 e. The summed E-state index contributed by atoms with van der Waals surface area (Å²) in [5, 5.41) is 7.55. The van der Waals surface area contributed by atoms with Crippen molar-refractivity contribution < 1.29 is 9.59 Å². The van der Waals surface area contributed by atoms with E-state index in [0.29, 0.717) is 17.8 Å². The van der Waals surface area contributed by atoms with Crippen LogP contribution in [0.2, 0.25) is 0 Å². The van der Waals surface area contributed by atoms with Crippen LogP contribution < -0.4 is 5.32 Å². The summed E-state index contributed by atoms with van der Waals surface area (Å²) in [7, 11) is 1.64. The summed E-state index contributed by atoms with van der Waals surface area (Å²) in [6, 6.07) is 16.2. The summed E-state index contributed by atoms with van der Waals surface area (Å²) in [5.74, 6) is -0.417. The molecule has 2 amide bonds. The van der Waals surface area contributed by atoms with Gasteiger partial charge in [-0.1, -0.05) is 59.7 Å². The molecule has 0 saturated carbocycles. The molecule has 0 aliphatic heterocycles. The molecule has 3 aromatic rings. The van der Waals surface area contributed by atoms with Crippen molar-refractivity contribution in [3.8, 4) is 11.3 Å². The highest BCUT2D eigenvalue weighted by molar-refractivity contribution is 6.01. The maximum absolute atomic E-state index is 13.2. The van der Waals surface area contributed by atoms with Gasteiger partial charge >= 0.3 is 0 Å². The van der Waals surface area contributed by atoms with Crippen LogP contribution in [0.25, 0.3) is 11.3 Å². The van der Waals surface area contributed by atoms with Crippen LogP contribution in [-0.2, 0) is 11.3 Å². The van der Waals surface area contributed by atoms with Crippen LogP contribution in [0.15, 0.2) is 54.7 Å². The van der Waals surface area contributed by atoms with E-state index in [9.17, 15) is 9.59 Å². The van der Waals surface area contributed by atoms with Crippen LogP contribution in [-0.4, -0.2) is 46.1 Å². The molecular weight excluding hydrogens is 388 g/mol. The van der Waals surface area contributed by atoms with Crippen molar-refractivity contribution in [2.45, 2.75) is 40.3 Å². The van der Waals surface area contributed by atoms with Gasteiger partial charge in [0.2, 0.25) is 5.91 Å². The lowest BCUT2D eigenvalue weighted by molar-refractivity contribution is -0.122. The molecule has 0 fully saturated rings. The van der Waals surface area contributed by atoms with E-state index in [1.807, 2.05) is 45.0 Å². The molecule has 6 nitrogen and oxygen atoms in total. The summed E-state index contributed by atoms with van der Waals surface area (Å²) >= 11 is 0. The van der Waals surface area contributed by atoms with Crippen molar-refractivity contribution in [3.05, 3.63) is 77.0 Å². The molecule has 1 heterocycles. The standard InChI is InChI=1S/C25H30N4O2/c1-17(2)26-23(30)16-28(5)25(31)22-15-29(14-20-10-6-18(3)7-11-20)27-24(22)21-12-8-19(4)9-13-21/h6-13,15,17H,14,16H2,1-5H3,(H,26,30). The van der Waals surface area contributed by atoms with Gasteiger partial charge < -0.3 is 10.2 Å². The van der Waals surface area contributed by atoms with E-state index >= 15 is 0 Å². The van der Waals surface area contributed by atoms with Gasteiger partial charge in [-0.3, -0.25) is 14.3 Å². The molecule has 2 aromatic carbocycles. The lowest BCUT2D eigenvalue weighted by Crippen LogP contribution is -2.40. The Kier molecular flexibility index (Phi) is 6.90. The number of carbonyl (C=O) groups excluding carboxylic acids is 2. The lowest BCUT2D eigenvalue weighted by atomic mass is 10.1. The Hall–Kier alpha value is -3.41. The van der Waals surface area contributed by atoms with Crippen LogP contribution in [0.3, 0.4) is 0 Å². The number of hydrogen-bond acceptors (Lipinski definition) is 3. The lowest BCUT2D eigenvalue weighted by Gasteiger charge is -2.17. The van der Waals surface area contributed by atoms with E-state index in [4.69, 9.17) is 5.10 Å². The topological polar surface area (TPSA) is 67.2 Å². The predicted molar refractivity (Wildman–Crippen MR) is 123 cm³/mol. The molecule has 0 aliphatic carbocycles. The highest BCUT2D eigenvalue weighted by Crippen LogP contribution is 2.24. The zero-order chi connectivity index (χ0) is 22.5. The van der Waals surface area contributed by atoms with E-state index in [2.05, 4.69) is 36.5 Å². The molecule has 6 heteroatoms. The van der Waals surface area contributed by atoms with E-state index in [0.717, 1.165) is 16.7 Å². The molecule has 0 aliphatic rings. The highest BCUT2D eigenvalue weighted by atomic mass is 16.2. The number of aromatic nitrogens is 2. The summed E-state index contributed by atoms with van der Waals surface area (Å²) in [4.78, 5) is 26.8. The zero-order valence-corrected chi connectivity index (χ0v) is 18.8. The Morgan fingerprint density at radius 3 is 2.16 bits per heavy atom. The molecule has 0 atom stereocenters. The third-order valence-corrected chi connectivity index (χ3v) is 4.96. The van der Waals surface area contributed by atoms with Gasteiger partial charge in [-0.05, 0) is 33.3 Å². The minimum atomic E-state index is -0.232. The quantitative estimate of drug-likeness (QED) is 0.634. The average Bonchev–Trinajstić information content (AvgIpc) is 3.12. The normalized spacial score (nSPS) is 10.9. The third kappa shape index (κ3) is 5.81. The van der Waals surface area contributed by atoms with E-state index < -0.39 is 0 Å². The Labute approximate surface area is 183 Å². The van der Waals surface area contributed by atoms with Crippen molar-refractivity contribution in [2.75, 3.05) is 13.6 Å². The average molecular weight is 419 g/mol. The van der Waals surface area contributed by atoms with Gasteiger partial charge in [-0.2, -0.15) is 5.10 Å². The second kappa shape index (κ2) is 9.60. The molecule has 0 unspecified atom stereocenters. The Balaban J connectivity index is 1.91. The fourth-order valence-electron chi connectivity index (χ4n) is 3.32. The van der Waals surface area contributed by atoms with Crippen LogP contribution in [0.5, 0.6) is 0 Å². The predicted octanol–water partition coefficient (Wildman–Crippen LogP) is 3.81. The monoisotopic (exact) mass is 418 g/mol. The molecule has 162 valence electrons. The molecule has 1 N–H and O–H groups in total.